The van der Waals surface area contributed by atoms with Crippen LogP contribution in [0, 0.1) is 0 Å². The van der Waals surface area contributed by atoms with Crippen LogP contribution in [0.1, 0.15) is 16.1 Å². The maximum atomic E-state index is 12.6. The van der Waals surface area contributed by atoms with Crippen LogP contribution in [0.15, 0.2) is 76.7 Å². The van der Waals surface area contributed by atoms with E-state index in [1.54, 1.807) is 6.20 Å². The molecule has 128 valence electrons. The summed E-state index contributed by atoms with van der Waals surface area (Å²) in [6, 6.07) is 18.9. The first-order chi connectivity index (χ1) is 12.8. The molecule has 0 aliphatic rings. The van der Waals surface area contributed by atoms with E-state index in [1.165, 1.54) is 11.3 Å². The minimum atomic E-state index is -0.537. The Morgan fingerprint density at radius 1 is 1.04 bits per heavy atom. The van der Waals surface area contributed by atoms with Gasteiger partial charge in [0.2, 0.25) is 5.89 Å². The molecule has 0 saturated heterocycles. The Morgan fingerprint density at radius 3 is 2.46 bits per heavy atom. The predicted molar refractivity (Wildman–Crippen MR) is 98.6 cm³/mol. The molecule has 0 bridgehead atoms. The van der Waals surface area contributed by atoms with Gasteiger partial charge >= 0.3 is 5.97 Å². The molecule has 26 heavy (non-hydrogen) atoms. The van der Waals surface area contributed by atoms with Gasteiger partial charge in [-0.05, 0) is 17.7 Å². The number of hydrogen-bond acceptors (Lipinski definition) is 6. The summed E-state index contributed by atoms with van der Waals surface area (Å²) in [6.45, 7) is 0.171. The molecule has 0 amide bonds. The van der Waals surface area contributed by atoms with E-state index in [0.717, 1.165) is 11.1 Å². The van der Waals surface area contributed by atoms with Crippen molar-refractivity contribution < 1.29 is 13.9 Å². The lowest BCUT2D eigenvalue weighted by Crippen LogP contribution is -2.07. The standard InChI is InChI=1S/C20H14N2O3S/c23-20(24-13-14-7-3-1-4-8-14)16-17(19-21-11-12-26-19)25-18(22-16)15-9-5-2-6-10-15/h1-12H,13H2. The second kappa shape index (κ2) is 7.33. The fourth-order valence-electron chi connectivity index (χ4n) is 2.43. The van der Waals surface area contributed by atoms with Crippen molar-refractivity contribution in [3.8, 4) is 22.2 Å². The van der Waals surface area contributed by atoms with Gasteiger partial charge in [0, 0.05) is 17.1 Å². The molecule has 4 aromatic rings. The van der Waals surface area contributed by atoms with E-state index in [1.807, 2.05) is 66.0 Å². The molecule has 5 nitrogen and oxygen atoms in total. The van der Waals surface area contributed by atoms with Crippen LogP contribution in [0.4, 0.5) is 0 Å². The lowest BCUT2D eigenvalue weighted by molar-refractivity contribution is 0.0467. The van der Waals surface area contributed by atoms with Crippen LogP contribution in [0.3, 0.4) is 0 Å². The summed E-state index contributed by atoms with van der Waals surface area (Å²) in [5, 5.41) is 2.41. The molecule has 2 aromatic carbocycles. The number of oxazole rings is 1. The van der Waals surface area contributed by atoms with Crippen LogP contribution >= 0.6 is 11.3 Å². The lowest BCUT2D eigenvalue weighted by atomic mass is 10.2. The molecule has 6 heteroatoms. The molecule has 0 aliphatic carbocycles. The quantitative estimate of drug-likeness (QED) is 0.476. The largest absolute Gasteiger partial charge is 0.456 e. The van der Waals surface area contributed by atoms with E-state index in [0.29, 0.717) is 16.7 Å². The van der Waals surface area contributed by atoms with Gasteiger partial charge in [-0.3, -0.25) is 0 Å². The summed E-state index contributed by atoms with van der Waals surface area (Å²) in [6.07, 6.45) is 1.66. The van der Waals surface area contributed by atoms with Crippen LogP contribution in [0.5, 0.6) is 0 Å². The molecule has 0 radical (unpaired) electrons. The van der Waals surface area contributed by atoms with E-state index in [-0.39, 0.29) is 12.3 Å². The summed E-state index contributed by atoms with van der Waals surface area (Å²) >= 11 is 1.38. The first-order valence-corrected chi connectivity index (χ1v) is 8.86. The van der Waals surface area contributed by atoms with E-state index in [2.05, 4.69) is 9.97 Å². The topological polar surface area (TPSA) is 65.2 Å². The molecule has 0 atom stereocenters. The minimum Gasteiger partial charge on any atom is -0.456 e. The second-order valence-electron chi connectivity index (χ2n) is 5.46. The van der Waals surface area contributed by atoms with E-state index in [9.17, 15) is 4.79 Å². The monoisotopic (exact) mass is 362 g/mol. The van der Waals surface area contributed by atoms with Crippen LogP contribution in [-0.2, 0) is 11.3 Å². The molecular formula is C20H14N2O3S. The number of esters is 1. The van der Waals surface area contributed by atoms with Crippen LogP contribution in [0.2, 0.25) is 0 Å². The molecule has 0 fully saturated rings. The molecule has 4 rings (SSSR count). The smallest absolute Gasteiger partial charge is 0.361 e. The molecule has 0 aliphatic heterocycles. The Balaban J connectivity index is 1.65. The minimum absolute atomic E-state index is 0.134. The summed E-state index contributed by atoms with van der Waals surface area (Å²) in [7, 11) is 0. The summed E-state index contributed by atoms with van der Waals surface area (Å²) in [5.74, 6) is 0.157. The van der Waals surface area contributed by atoms with Crippen molar-refractivity contribution >= 4 is 17.3 Å². The SMILES string of the molecule is O=C(OCc1ccccc1)c1nc(-c2ccccc2)oc1-c1nccs1. The average Bonchev–Trinajstić information content (AvgIpc) is 3.37. The third-order valence-corrected chi connectivity index (χ3v) is 4.45. The fourth-order valence-corrected chi connectivity index (χ4v) is 3.05. The number of rotatable bonds is 5. The maximum absolute atomic E-state index is 12.6. The highest BCUT2D eigenvalue weighted by Crippen LogP contribution is 2.31. The van der Waals surface area contributed by atoms with Gasteiger partial charge in [0.1, 0.15) is 6.61 Å². The Morgan fingerprint density at radius 2 is 1.77 bits per heavy atom. The Bertz CT molecular complexity index is 996. The normalized spacial score (nSPS) is 10.6. The van der Waals surface area contributed by atoms with Crippen molar-refractivity contribution in [3.63, 3.8) is 0 Å². The van der Waals surface area contributed by atoms with Crippen LogP contribution < -0.4 is 0 Å². The first kappa shape index (κ1) is 16.2. The highest BCUT2D eigenvalue weighted by Gasteiger charge is 2.25. The zero-order valence-corrected chi connectivity index (χ0v) is 14.5. The van der Waals surface area contributed by atoms with Crippen molar-refractivity contribution in [3.05, 3.63) is 83.5 Å². The summed E-state index contributed by atoms with van der Waals surface area (Å²) < 4.78 is 11.3. The van der Waals surface area contributed by atoms with Gasteiger partial charge in [-0.15, -0.1) is 11.3 Å². The zero-order chi connectivity index (χ0) is 17.8. The Hall–Kier alpha value is -3.25. The first-order valence-electron chi connectivity index (χ1n) is 7.98. The van der Waals surface area contributed by atoms with Gasteiger partial charge in [0.05, 0.1) is 0 Å². The molecule has 2 heterocycles. The number of aromatic nitrogens is 2. The van der Waals surface area contributed by atoms with Gasteiger partial charge < -0.3 is 9.15 Å². The van der Waals surface area contributed by atoms with Crippen LogP contribution in [0.25, 0.3) is 22.2 Å². The molecular weight excluding hydrogens is 348 g/mol. The molecule has 0 unspecified atom stereocenters. The third-order valence-electron chi connectivity index (χ3n) is 3.68. The summed E-state index contributed by atoms with van der Waals surface area (Å²) in [5.41, 5.74) is 1.82. The van der Waals surface area contributed by atoms with Gasteiger partial charge in [-0.2, -0.15) is 0 Å². The molecule has 0 saturated carbocycles. The van der Waals surface area contributed by atoms with E-state index < -0.39 is 5.97 Å². The van der Waals surface area contributed by atoms with Gasteiger partial charge in [0.15, 0.2) is 16.5 Å². The molecule has 0 spiro atoms. The van der Waals surface area contributed by atoms with Crippen molar-refractivity contribution in [2.75, 3.05) is 0 Å². The highest BCUT2D eigenvalue weighted by molar-refractivity contribution is 7.13. The van der Waals surface area contributed by atoms with Gasteiger partial charge in [-0.1, -0.05) is 48.5 Å². The van der Waals surface area contributed by atoms with E-state index >= 15 is 0 Å². The number of carbonyl (C=O) groups is 1. The number of ether oxygens (including phenoxy) is 1. The molecule has 0 N–H and O–H groups in total. The average molecular weight is 362 g/mol. The lowest BCUT2D eigenvalue weighted by Gasteiger charge is -2.03. The van der Waals surface area contributed by atoms with Crippen LogP contribution in [-0.4, -0.2) is 15.9 Å². The summed E-state index contributed by atoms with van der Waals surface area (Å²) in [4.78, 5) is 21.2. The third kappa shape index (κ3) is 3.41. The van der Waals surface area contributed by atoms with Crippen molar-refractivity contribution in [2.24, 2.45) is 0 Å². The fraction of sp³-hybridized carbons (Fsp3) is 0.0500. The number of carbonyl (C=O) groups excluding carboxylic acids is 1. The second-order valence-corrected chi connectivity index (χ2v) is 6.36. The Kier molecular flexibility index (Phi) is 4.57. The number of nitrogens with zero attached hydrogens (tertiary/aromatic N) is 2. The van der Waals surface area contributed by atoms with Crippen molar-refractivity contribution in [1.29, 1.82) is 0 Å². The number of thiazole rings is 1. The van der Waals surface area contributed by atoms with Gasteiger partial charge in [0.25, 0.3) is 0 Å². The van der Waals surface area contributed by atoms with Gasteiger partial charge in [-0.25, -0.2) is 14.8 Å². The zero-order valence-electron chi connectivity index (χ0n) is 13.7. The maximum Gasteiger partial charge on any atom is 0.361 e. The van der Waals surface area contributed by atoms with Crippen molar-refractivity contribution in [2.45, 2.75) is 6.61 Å². The molecule has 2 aromatic heterocycles. The van der Waals surface area contributed by atoms with E-state index in [4.69, 9.17) is 9.15 Å². The number of hydrogen-bond donors (Lipinski definition) is 0. The van der Waals surface area contributed by atoms with Crippen molar-refractivity contribution in [1.82, 2.24) is 9.97 Å². The predicted octanol–water partition coefficient (Wildman–Crippen LogP) is 4.82. The number of benzene rings is 2. The Labute approximate surface area is 153 Å². The highest BCUT2D eigenvalue weighted by atomic mass is 32.1.